The molecule has 1 aliphatic rings. The monoisotopic (exact) mass is 346 g/mol. The van der Waals surface area contributed by atoms with Crippen LogP contribution in [0.2, 0.25) is 0 Å². The highest BCUT2D eigenvalue weighted by atomic mass is 16.5. The van der Waals surface area contributed by atoms with E-state index in [1.54, 1.807) is 0 Å². The second kappa shape index (κ2) is 8.70. The van der Waals surface area contributed by atoms with Crippen LogP contribution in [-0.2, 0) is 10.2 Å². The standard InChI is InChI=1S/C21H34N2O2/c1-16(25-19-8-6-18(7-9-19)21(2,3)4)20(24)22-13-10-17-11-14-23(5)15-12-17/h6-9,16-17H,10-15H2,1-5H3,(H,22,24)/t16-/m0/s1. The van der Waals surface area contributed by atoms with Crippen LogP contribution < -0.4 is 10.1 Å². The lowest BCUT2D eigenvalue weighted by Crippen LogP contribution is -2.38. The Morgan fingerprint density at radius 2 is 1.84 bits per heavy atom. The number of nitrogens with one attached hydrogen (secondary N) is 1. The van der Waals surface area contributed by atoms with Crippen LogP contribution in [0.5, 0.6) is 5.75 Å². The van der Waals surface area contributed by atoms with Crippen LogP contribution in [0.15, 0.2) is 24.3 Å². The minimum Gasteiger partial charge on any atom is -0.481 e. The highest BCUT2D eigenvalue weighted by Gasteiger charge is 2.19. The van der Waals surface area contributed by atoms with Crippen molar-refractivity contribution in [1.82, 2.24) is 10.2 Å². The van der Waals surface area contributed by atoms with Crippen LogP contribution in [-0.4, -0.2) is 43.6 Å². The van der Waals surface area contributed by atoms with Gasteiger partial charge in [0.05, 0.1) is 0 Å². The van der Waals surface area contributed by atoms with E-state index in [0.717, 1.165) is 24.6 Å². The molecular formula is C21H34N2O2. The van der Waals surface area contributed by atoms with E-state index in [2.05, 4.69) is 50.2 Å². The Labute approximate surface area is 152 Å². The summed E-state index contributed by atoms with van der Waals surface area (Å²) in [4.78, 5) is 14.6. The van der Waals surface area contributed by atoms with Gasteiger partial charge in [0.25, 0.3) is 5.91 Å². The van der Waals surface area contributed by atoms with Crippen molar-refractivity contribution in [3.05, 3.63) is 29.8 Å². The number of benzene rings is 1. The van der Waals surface area contributed by atoms with E-state index < -0.39 is 6.10 Å². The van der Waals surface area contributed by atoms with Crippen molar-refractivity contribution in [2.24, 2.45) is 5.92 Å². The molecule has 0 aromatic heterocycles. The third kappa shape index (κ3) is 6.35. The van der Waals surface area contributed by atoms with E-state index in [4.69, 9.17) is 4.74 Å². The SMILES string of the molecule is C[C@H](Oc1ccc(C(C)(C)C)cc1)C(=O)NCCC1CCN(C)CC1. The number of carbonyl (C=O) groups is 1. The summed E-state index contributed by atoms with van der Waals surface area (Å²) in [5.41, 5.74) is 1.38. The van der Waals surface area contributed by atoms with Crippen molar-refractivity contribution >= 4 is 5.91 Å². The van der Waals surface area contributed by atoms with Gasteiger partial charge in [-0.2, -0.15) is 0 Å². The highest BCUT2D eigenvalue weighted by Crippen LogP contribution is 2.24. The molecule has 25 heavy (non-hydrogen) atoms. The van der Waals surface area contributed by atoms with Crippen molar-refractivity contribution in [3.63, 3.8) is 0 Å². The number of ether oxygens (including phenoxy) is 1. The molecular weight excluding hydrogens is 312 g/mol. The fraction of sp³-hybridized carbons (Fsp3) is 0.667. The molecule has 0 bridgehead atoms. The summed E-state index contributed by atoms with van der Waals surface area (Å²) in [6.45, 7) is 11.4. The van der Waals surface area contributed by atoms with Gasteiger partial charge in [0.1, 0.15) is 5.75 Å². The Bertz CT molecular complexity index is 540. The molecule has 0 unspecified atom stereocenters. The summed E-state index contributed by atoms with van der Waals surface area (Å²) in [5, 5.41) is 3.02. The summed E-state index contributed by atoms with van der Waals surface area (Å²) < 4.78 is 5.78. The number of hydrogen-bond donors (Lipinski definition) is 1. The summed E-state index contributed by atoms with van der Waals surface area (Å²) >= 11 is 0. The van der Waals surface area contributed by atoms with Gasteiger partial charge in [-0.3, -0.25) is 4.79 Å². The van der Waals surface area contributed by atoms with Crippen molar-refractivity contribution < 1.29 is 9.53 Å². The summed E-state index contributed by atoms with van der Waals surface area (Å²) in [7, 11) is 2.17. The Balaban J connectivity index is 1.72. The average molecular weight is 347 g/mol. The molecule has 2 rings (SSSR count). The van der Waals surface area contributed by atoms with Crippen LogP contribution >= 0.6 is 0 Å². The van der Waals surface area contributed by atoms with Gasteiger partial charge in [0.2, 0.25) is 0 Å². The molecule has 0 aliphatic carbocycles. The lowest BCUT2D eigenvalue weighted by molar-refractivity contribution is -0.127. The van der Waals surface area contributed by atoms with Crippen molar-refractivity contribution in [3.8, 4) is 5.75 Å². The maximum Gasteiger partial charge on any atom is 0.260 e. The Kier molecular flexibility index (Phi) is 6.88. The minimum atomic E-state index is -0.474. The maximum atomic E-state index is 12.2. The lowest BCUT2D eigenvalue weighted by Gasteiger charge is -2.29. The van der Waals surface area contributed by atoms with Gasteiger partial charge in [0.15, 0.2) is 6.10 Å². The first kappa shape index (κ1) is 19.8. The van der Waals surface area contributed by atoms with Crippen LogP contribution in [0, 0.1) is 5.92 Å². The predicted octanol–water partition coefficient (Wildman–Crippen LogP) is 3.60. The van der Waals surface area contributed by atoms with E-state index in [1.807, 2.05) is 19.1 Å². The molecule has 1 atom stereocenters. The molecule has 1 N–H and O–H groups in total. The molecule has 140 valence electrons. The minimum absolute atomic E-state index is 0.0344. The Hall–Kier alpha value is -1.55. The van der Waals surface area contributed by atoms with Crippen molar-refractivity contribution in [1.29, 1.82) is 0 Å². The summed E-state index contributed by atoms with van der Waals surface area (Å²) in [6, 6.07) is 8.03. The summed E-state index contributed by atoms with van der Waals surface area (Å²) in [5.74, 6) is 1.44. The Morgan fingerprint density at radius 3 is 2.40 bits per heavy atom. The van der Waals surface area contributed by atoms with E-state index >= 15 is 0 Å². The smallest absolute Gasteiger partial charge is 0.260 e. The molecule has 4 heteroatoms. The first-order chi connectivity index (χ1) is 11.8. The van der Waals surface area contributed by atoms with Crippen LogP contribution in [0.4, 0.5) is 0 Å². The van der Waals surface area contributed by atoms with E-state index in [1.165, 1.54) is 31.5 Å². The molecule has 0 saturated carbocycles. The zero-order chi connectivity index (χ0) is 18.4. The third-order valence-corrected chi connectivity index (χ3v) is 5.09. The first-order valence-electron chi connectivity index (χ1n) is 9.49. The lowest BCUT2D eigenvalue weighted by atomic mass is 9.87. The topological polar surface area (TPSA) is 41.6 Å². The maximum absolute atomic E-state index is 12.2. The molecule has 0 spiro atoms. The van der Waals surface area contributed by atoms with Crippen molar-refractivity contribution in [2.45, 2.75) is 58.5 Å². The second-order valence-corrected chi connectivity index (χ2v) is 8.36. The van der Waals surface area contributed by atoms with Gasteiger partial charge in [-0.05, 0) is 75.4 Å². The zero-order valence-electron chi connectivity index (χ0n) is 16.5. The molecule has 1 saturated heterocycles. The quantitative estimate of drug-likeness (QED) is 0.856. The van der Waals surface area contributed by atoms with Gasteiger partial charge < -0.3 is 15.0 Å². The van der Waals surface area contributed by atoms with E-state index in [-0.39, 0.29) is 11.3 Å². The molecule has 1 amide bonds. The molecule has 1 aromatic rings. The molecule has 1 aromatic carbocycles. The van der Waals surface area contributed by atoms with Crippen LogP contribution in [0.1, 0.15) is 52.5 Å². The molecule has 1 fully saturated rings. The number of amides is 1. The molecule has 1 aliphatic heterocycles. The number of likely N-dealkylation sites (tertiary alicyclic amines) is 1. The van der Waals surface area contributed by atoms with E-state index in [0.29, 0.717) is 0 Å². The largest absolute Gasteiger partial charge is 0.481 e. The number of carbonyl (C=O) groups excluding carboxylic acids is 1. The zero-order valence-corrected chi connectivity index (χ0v) is 16.5. The fourth-order valence-electron chi connectivity index (χ4n) is 3.19. The van der Waals surface area contributed by atoms with Crippen LogP contribution in [0.3, 0.4) is 0 Å². The van der Waals surface area contributed by atoms with Gasteiger partial charge in [-0.25, -0.2) is 0 Å². The normalized spacial score (nSPS) is 18.0. The average Bonchev–Trinajstić information content (AvgIpc) is 2.56. The number of nitrogens with zero attached hydrogens (tertiary/aromatic N) is 1. The van der Waals surface area contributed by atoms with Gasteiger partial charge in [-0.1, -0.05) is 32.9 Å². The molecule has 1 heterocycles. The molecule has 4 nitrogen and oxygen atoms in total. The van der Waals surface area contributed by atoms with Gasteiger partial charge in [-0.15, -0.1) is 0 Å². The van der Waals surface area contributed by atoms with Crippen LogP contribution in [0.25, 0.3) is 0 Å². The Morgan fingerprint density at radius 1 is 1.24 bits per heavy atom. The second-order valence-electron chi connectivity index (χ2n) is 8.36. The molecule has 0 radical (unpaired) electrons. The summed E-state index contributed by atoms with van der Waals surface area (Å²) in [6.07, 6.45) is 3.06. The number of rotatable bonds is 6. The number of hydrogen-bond acceptors (Lipinski definition) is 3. The predicted molar refractivity (Wildman–Crippen MR) is 103 cm³/mol. The van der Waals surface area contributed by atoms with Gasteiger partial charge in [0, 0.05) is 6.54 Å². The number of piperidine rings is 1. The first-order valence-corrected chi connectivity index (χ1v) is 9.49. The van der Waals surface area contributed by atoms with Gasteiger partial charge >= 0.3 is 0 Å². The third-order valence-electron chi connectivity index (χ3n) is 5.09. The van der Waals surface area contributed by atoms with E-state index in [9.17, 15) is 4.79 Å². The van der Waals surface area contributed by atoms with Crippen molar-refractivity contribution in [2.75, 3.05) is 26.7 Å². The fourth-order valence-corrected chi connectivity index (χ4v) is 3.19. The highest BCUT2D eigenvalue weighted by molar-refractivity contribution is 5.80.